The summed E-state index contributed by atoms with van der Waals surface area (Å²) in [5.74, 6) is -5.36. The summed E-state index contributed by atoms with van der Waals surface area (Å²) < 4.78 is 0. The van der Waals surface area contributed by atoms with Gasteiger partial charge in [-0.1, -0.05) is 0 Å². The summed E-state index contributed by atoms with van der Waals surface area (Å²) in [7, 11) is 0. The summed E-state index contributed by atoms with van der Waals surface area (Å²) in [5, 5.41) is 25.3. The molecule has 0 spiro atoms. The normalized spacial score (nSPS) is 13.2. The van der Waals surface area contributed by atoms with E-state index in [9.17, 15) is 29.1 Å². The lowest BCUT2D eigenvalue weighted by Gasteiger charge is -2.23. The van der Waals surface area contributed by atoms with E-state index in [0.29, 0.717) is 19.4 Å². The quantitative estimate of drug-likeness (QED) is 0.0558. The van der Waals surface area contributed by atoms with E-state index in [4.69, 9.17) is 28.0 Å². The van der Waals surface area contributed by atoms with Crippen LogP contribution in [0.2, 0.25) is 0 Å². The van der Waals surface area contributed by atoms with Crippen LogP contribution in [-0.4, -0.2) is 83.6 Å². The van der Waals surface area contributed by atoms with Gasteiger partial charge in [-0.25, -0.2) is 4.79 Å². The number of carbonyl (C=O) groups is 5. The number of nitrogens with two attached hydrogens (primary N) is 4. The summed E-state index contributed by atoms with van der Waals surface area (Å²) >= 11 is 0. The number of aliphatic imine (C=N–C) groups is 1. The number of amides is 3. The summed E-state index contributed by atoms with van der Waals surface area (Å²) in [6.07, 6.45) is 0.601. The van der Waals surface area contributed by atoms with Crippen LogP contribution in [-0.2, 0) is 24.0 Å². The molecular formula is C18H34N8O7. The molecule has 0 fully saturated rings. The molecule has 188 valence electrons. The van der Waals surface area contributed by atoms with Gasteiger partial charge in [0.25, 0.3) is 0 Å². The molecule has 0 rings (SSSR count). The maximum Gasteiger partial charge on any atom is 0.326 e. The highest BCUT2D eigenvalue weighted by Crippen LogP contribution is 2.05. The van der Waals surface area contributed by atoms with Crippen molar-refractivity contribution in [3.63, 3.8) is 0 Å². The van der Waals surface area contributed by atoms with Crippen LogP contribution < -0.4 is 38.9 Å². The second-order valence-electron chi connectivity index (χ2n) is 7.12. The van der Waals surface area contributed by atoms with E-state index in [-0.39, 0.29) is 38.3 Å². The number of rotatable bonds is 17. The Labute approximate surface area is 190 Å². The van der Waals surface area contributed by atoms with Crippen molar-refractivity contribution < 1.29 is 34.2 Å². The highest BCUT2D eigenvalue weighted by Gasteiger charge is 2.30. The molecule has 0 bridgehead atoms. The molecule has 3 amide bonds. The van der Waals surface area contributed by atoms with Crippen LogP contribution in [0, 0.1) is 0 Å². The zero-order valence-electron chi connectivity index (χ0n) is 18.3. The Morgan fingerprint density at radius 2 is 1.36 bits per heavy atom. The van der Waals surface area contributed by atoms with E-state index in [0.717, 1.165) is 0 Å². The largest absolute Gasteiger partial charge is 0.481 e. The summed E-state index contributed by atoms with van der Waals surface area (Å²) in [5.41, 5.74) is 21.1. The van der Waals surface area contributed by atoms with Crippen molar-refractivity contribution in [1.29, 1.82) is 0 Å². The first-order valence-corrected chi connectivity index (χ1v) is 10.3. The van der Waals surface area contributed by atoms with Crippen LogP contribution >= 0.6 is 0 Å². The minimum Gasteiger partial charge on any atom is -0.481 e. The highest BCUT2D eigenvalue weighted by atomic mass is 16.4. The van der Waals surface area contributed by atoms with Gasteiger partial charge in [0, 0.05) is 6.54 Å². The Bertz CT molecular complexity index is 712. The zero-order valence-corrected chi connectivity index (χ0v) is 18.3. The Hall–Kier alpha value is -3.46. The summed E-state index contributed by atoms with van der Waals surface area (Å²) in [6, 6.07) is -4.02. The van der Waals surface area contributed by atoms with Gasteiger partial charge in [0.1, 0.15) is 18.1 Å². The third-order valence-corrected chi connectivity index (χ3v) is 4.36. The number of carbonyl (C=O) groups excluding carboxylic acids is 3. The first-order valence-electron chi connectivity index (χ1n) is 10.3. The SMILES string of the molecule is NCCCCC(NC(=O)CN)C(=O)NC(CC(=O)O)C(=O)NC(CCCN=C(N)N)C(=O)O. The van der Waals surface area contributed by atoms with Crippen molar-refractivity contribution in [3.05, 3.63) is 0 Å². The molecule has 3 atom stereocenters. The van der Waals surface area contributed by atoms with Crippen molar-refractivity contribution in [1.82, 2.24) is 16.0 Å². The molecule has 0 aromatic carbocycles. The number of carboxylic acids is 2. The van der Waals surface area contributed by atoms with Crippen molar-refractivity contribution in [3.8, 4) is 0 Å². The van der Waals surface area contributed by atoms with E-state index in [1.165, 1.54) is 0 Å². The third-order valence-electron chi connectivity index (χ3n) is 4.36. The van der Waals surface area contributed by atoms with Gasteiger partial charge in [0.05, 0.1) is 13.0 Å². The molecule has 15 nitrogen and oxygen atoms in total. The lowest BCUT2D eigenvalue weighted by atomic mass is 10.1. The van der Waals surface area contributed by atoms with E-state index in [1.54, 1.807) is 0 Å². The molecule has 0 saturated carbocycles. The van der Waals surface area contributed by atoms with Crippen molar-refractivity contribution in [2.24, 2.45) is 27.9 Å². The van der Waals surface area contributed by atoms with Crippen LogP contribution in [0.15, 0.2) is 4.99 Å². The zero-order chi connectivity index (χ0) is 25.4. The van der Waals surface area contributed by atoms with Crippen LogP contribution in [0.3, 0.4) is 0 Å². The third kappa shape index (κ3) is 13.5. The van der Waals surface area contributed by atoms with Gasteiger partial charge in [-0.05, 0) is 38.6 Å². The standard InChI is InChI=1S/C18H34N8O7/c19-6-2-1-4-10(24-13(27)9-20)15(30)26-12(8-14(28)29)16(31)25-11(17(32)33)5-3-7-23-18(21)22/h10-12H,1-9,19-20H2,(H,24,27)(H,25,31)(H,26,30)(H,28,29)(H,32,33)(H4,21,22,23). The van der Waals surface area contributed by atoms with Gasteiger partial charge < -0.3 is 49.1 Å². The molecule has 15 heteroatoms. The predicted octanol–water partition coefficient (Wildman–Crippen LogP) is -3.86. The first-order chi connectivity index (χ1) is 15.5. The van der Waals surface area contributed by atoms with Gasteiger partial charge in [0.2, 0.25) is 17.7 Å². The van der Waals surface area contributed by atoms with E-state index in [2.05, 4.69) is 20.9 Å². The van der Waals surface area contributed by atoms with Crippen molar-refractivity contribution in [2.45, 2.75) is 56.7 Å². The number of nitrogens with one attached hydrogen (secondary N) is 3. The Morgan fingerprint density at radius 3 is 1.88 bits per heavy atom. The maximum atomic E-state index is 12.7. The molecule has 0 aliphatic carbocycles. The van der Waals surface area contributed by atoms with Gasteiger partial charge in [-0.3, -0.25) is 24.2 Å². The number of carboxylic acid groups (broad SMARTS) is 2. The van der Waals surface area contributed by atoms with E-state index >= 15 is 0 Å². The number of hydrogen-bond acceptors (Lipinski definition) is 8. The Balaban J connectivity index is 5.30. The number of guanidine groups is 1. The van der Waals surface area contributed by atoms with E-state index < -0.39 is 54.2 Å². The first kappa shape index (κ1) is 29.5. The molecule has 33 heavy (non-hydrogen) atoms. The average Bonchev–Trinajstić information content (AvgIpc) is 2.73. The van der Waals surface area contributed by atoms with Gasteiger partial charge in [-0.15, -0.1) is 0 Å². The summed E-state index contributed by atoms with van der Waals surface area (Å²) in [6.45, 7) is 0.116. The lowest BCUT2D eigenvalue weighted by Crippen LogP contribution is -2.56. The average molecular weight is 475 g/mol. The molecule has 0 radical (unpaired) electrons. The predicted molar refractivity (Wildman–Crippen MR) is 118 cm³/mol. The van der Waals surface area contributed by atoms with Gasteiger partial charge in [0.15, 0.2) is 5.96 Å². The molecule has 0 aliphatic rings. The van der Waals surface area contributed by atoms with Crippen molar-refractivity contribution in [2.75, 3.05) is 19.6 Å². The number of nitrogens with zero attached hydrogens (tertiary/aromatic N) is 1. The second-order valence-corrected chi connectivity index (χ2v) is 7.12. The fourth-order valence-electron chi connectivity index (χ4n) is 2.70. The fourth-order valence-corrected chi connectivity index (χ4v) is 2.70. The Kier molecular flexibility index (Phi) is 14.5. The molecule has 0 saturated heterocycles. The smallest absolute Gasteiger partial charge is 0.326 e. The summed E-state index contributed by atoms with van der Waals surface area (Å²) in [4.78, 5) is 63.3. The van der Waals surface area contributed by atoms with Crippen LogP contribution in [0.1, 0.15) is 38.5 Å². The molecule has 13 N–H and O–H groups in total. The molecular weight excluding hydrogens is 440 g/mol. The minimum absolute atomic E-state index is 0.0418. The van der Waals surface area contributed by atoms with Crippen LogP contribution in [0.5, 0.6) is 0 Å². The van der Waals surface area contributed by atoms with Crippen molar-refractivity contribution >= 4 is 35.6 Å². The Morgan fingerprint density at radius 1 is 0.788 bits per heavy atom. The monoisotopic (exact) mass is 474 g/mol. The topological polar surface area (TPSA) is 278 Å². The highest BCUT2D eigenvalue weighted by molar-refractivity contribution is 5.95. The van der Waals surface area contributed by atoms with Gasteiger partial charge >= 0.3 is 11.9 Å². The van der Waals surface area contributed by atoms with E-state index in [1.807, 2.05) is 0 Å². The minimum atomic E-state index is -1.58. The molecule has 0 aromatic rings. The molecule has 3 unspecified atom stereocenters. The number of aliphatic carboxylic acids is 2. The maximum absolute atomic E-state index is 12.7. The van der Waals surface area contributed by atoms with Crippen LogP contribution in [0.4, 0.5) is 0 Å². The fraction of sp³-hybridized carbons (Fsp3) is 0.667. The molecule has 0 aromatic heterocycles. The lowest BCUT2D eigenvalue weighted by molar-refractivity contribution is -0.143. The molecule has 0 heterocycles. The van der Waals surface area contributed by atoms with Gasteiger partial charge in [-0.2, -0.15) is 0 Å². The van der Waals surface area contributed by atoms with Crippen LogP contribution in [0.25, 0.3) is 0 Å². The number of hydrogen-bond donors (Lipinski definition) is 9. The second kappa shape index (κ2) is 16.2. The number of unbranched alkanes of at least 4 members (excludes halogenated alkanes) is 1. The molecule has 0 aliphatic heterocycles.